The van der Waals surface area contributed by atoms with Gasteiger partial charge in [-0.1, -0.05) is 0 Å². The van der Waals surface area contributed by atoms with E-state index in [1.165, 1.54) is 14.0 Å². The number of benzene rings is 1. The molecule has 0 fully saturated rings. The third-order valence-corrected chi connectivity index (χ3v) is 2.86. The van der Waals surface area contributed by atoms with Gasteiger partial charge in [-0.15, -0.1) is 0 Å². The maximum atomic E-state index is 9.94. The number of fused-ring (bicyclic) bond motifs is 1. The Hall–Kier alpha value is -1.72. The van der Waals surface area contributed by atoms with E-state index in [1.54, 1.807) is 25.3 Å². The Labute approximate surface area is 105 Å². The van der Waals surface area contributed by atoms with Crippen molar-refractivity contribution in [3.8, 4) is 11.5 Å². The number of hydrogen-bond acceptors (Lipinski definition) is 5. The summed E-state index contributed by atoms with van der Waals surface area (Å²) in [5.74, 6) is 1.44. The molecule has 0 radical (unpaired) electrons. The van der Waals surface area contributed by atoms with Crippen LogP contribution in [0.25, 0.3) is 11.0 Å². The minimum Gasteiger partial charge on any atom is -0.493 e. The molecule has 0 aliphatic heterocycles. The van der Waals surface area contributed by atoms with E-state index in [0.29, 0.717) is 22.8 Å². The van der Waals surface area contributed by atoms with Gasteiger partial charge in [-0.05, 0) is 19.1 Å². The summed E-state index contributed by atoms with van der Waals surface area (Å²) in [5, 5.41) is 19.8. The fourth-order valence-electron chi connectivity index (χ4n) is 1.71. The number of methoxy groups -OCH3 is 2. The highest BCUT2D eigenvalue weighted by Gasteiger charge is 2.26. The first-order valence-corrected chi connectivity index (χ1v) is 5.51. The number of aliphatic hydroxyl groups excluding tert-OH is 1. The summed E-state index contributed by atoms with van der Waals surface area (Å²) in [5.41, 5.74) is -0.837. The van der Waals surface area contributed by atoms with Crippen LogP contribution in [0.2, 0.25) is 0 Å². The van der Waals surface area contributed by atoms with Crippen molar-refractivity contribution in [1.82, 2.24) is 0 Å². The fraction of sp³-hybridized carbons (Fsp3) is 0.385. The summed E-state index contributed by atoms with van der Waals surface area (Å²) in [7, 11) is 3.09. The number of hydrogen-bond donors (Lipinski definition) is 2. The molecule has 5 nitrogen and oxygen atoms in total. The van der Waals surface area contributed by atoms with E-state index in [4.69, 9.17) is 19.0 Å². The van der Waals surface area contributed by atoms with Crippen LogP contribution in [-0.4, -0.2) is 31.0 Å². The molecular formula is C13H16O5. The lowest BCUT2D eigenvalue weighted by atomic mass is 10.1. The Kier molecular flexibility index (Phi) is 3.19. The van der Waals surface area contributed by atoms with Gasteiger partial charge in [0.05, 0.1) is 20.8 Å². The predicted octanol–water partition coefficient (Wildman–Crippen LogP) is 1.65. The largest absolute Gasteiger partial charge is 0.493 e. The van der Waals surface area contributed by atoms with E-state index in [-0.39, 0.29) is 0 Å². The van der Waals surface area contributed by atoms with Crippen molar-refractivity contribution in [2.45, 2.75) is 12.5 Å². The first-order chi connectivity index (χ1) is 8.51. The lowest BCUT2D eigenvalue weighted by Crippen LogP contribution is -2.24. The molecule has 0 saturated carbocycles. The summed E-state index contributed by atoms with van der Waals surface area (Å²) in [6, 6.07) is 5.12. The van der Waals surface area contributed by atoms with Gasteiger partial charge in [0.1, 0.15) is 16.9 Å². The van der Waals surface area contributed by atoms with Gasteiger partial charge in [-0.25, -0.2) is 0 Å². The zero-order valence-corrected chi connectivity index (χ0v) is 10.6. The van der Waals surface area contributed by atoms with Crippen LogP contribution in [0.3, 0.4) is 0 Å². The summed E-state index contributed by atoms with van der Waals surface area (Å²) < 4.78 is 15.9. The molecule has 0 spiro atoms. The fourth-order valence-corrected chi connectivity index (χ4v) is 1.71. The highest BCUT2D eigenvalue weighted by molar-refractivity contribution is 5.82. The van der Waals surface area contributed by atoms with Crippen molar-refractivity contribution in [3.05, 3.63) is 24.0 Å². The average molecular weight is 252 g/mol. The highest BCUT2D eigenvalue weighted by Crippen LogP contribution is 2.35. The van der Waals surface area contributed by atoms with Crippen LogP contribution in [0.1, 0.15) is 12.7 Å². The maximum Gasteiger partial charge on any atom is 0.164 e. The topological polar surface area (TPSA) is 72.1 Å². The number of ether oxygens (including phenoxy) is 2. The molecule has 2 rings (SSSR count). The molecule has 1 atom stereocenters. The van der Waals surface area contributed by atoms with E-state index < -0.39 is 12.2 Å². The second-order valence-electron chi connectivity index (χ2n) is 4.29. The molecule has 1 aromatic carbocycles. The minimum atomic E-state index is -1.40. The van der Waals surface area contributed by atoms with E-state index in [2.05, 4.69) is 0 Å². The second kappa shape index (κ2) is 4.51. The molecule has 0 bridgehead atoms. The molecule has 0 saturated heterocycles. The Morgan fingerprint density at radius 2 is 1.78 bits per heavy atom. The van der Waals surface area contributed by atoms with Gasteiger partial charge >= 0.3 is 0 Å². The van der Waals surface area contributed by atoms with Crippen LogP contribution in [-0.2, 0) is 5.60 Å². The standard InChI is InChI=1S/C13H16O5/c1-13(15,7-14)12-5-8-4-10(16-2)11(17-3)6-9(8)18-12/h4-6,14-15H,7H2,1-3H3/t13-/m0/s1. The minimum absolute atomic E-state index is 0.301. The SMILES string of the molecule is COc1cc2cc([C@@](C)(O)CO)oc2cc1OC. The Bertz CT molecular complexity index is 515. The summed E-state index contributed by atoms with van der Waals surface area (Å²) >= 11 is 0. The van der Waals surface area contributed by atoms with Gasteiger partial charge in [0.25, 0.3) is 0 Å². The average Bonchev–Trinajstić information content (AvgIpc) is 2.80. The smallest absolute Gasteiger partial charge is 0.164 e. The zero-order valence-electron chi connectivity index (χ0n) is 10.6. The van der Waals surface area contributed by atoms with Crippen LogP contribution < -0.4 is 9.47 Å². The van der Waals surface area contributed by atoms with Gasteiger partial charge in [-0.2, -0.15) is 0 Å². The third-order valence-electron chi connectivity index (χ3n) is 2.86. The molecule has 1 heterocycles. The molecule has 0 unspecified atom stereocenters. The molecule has 0 amide bonds. The van der Waals surface area contributed by atoms with Crippen molar-refractivity contribution in [2.75, 3.05) is 20.8 Å². The third kappa shape index (κ3) is 2.02. The molecule has 0 aliphatic carbocycles. The lowest BCUT2D eigenvalue weighted by Gasteiger charge is -2.16. The van der Waals surface area contributed by atoms with Gasteiger partial charge in [0.15, 0.2) is 11.5 Å². The Morgan fingerprint density at radius 3 is 2.33 bits per heavy atom. The molecular weight excluding hydrogens is 236 g/mol. The second-order valence-corrected chi connectivity index (χ2v) is 4.29. The molecule has 0 aliphatic rings. The van der Waals surface area contributed by atoms with Gasteiger partial charge < -0.3 is 24.1 Å². The van der Waals surface area contributed by atoms with Crippen molar-refractivity contribution in [1.29, 1.82) is 0 Å². The van der Waals surface area contributed by atoms with E-state index in [9.17, 15) is 5.11 Å². The van der Waals surface area contributed by atoms with Crippen molar-refractivity contribution in [2.24, 2.45) is 0 Å². The number of furan rings is 1. The van der Waals surface area contributed by atoms with E-state index in [1.807, 2.05) is 0 Å². The number of rotatable bonds is 4. The highest BCUT2D eigenvalue weighted by atomic mass is 16.5. The zero-order chi connectivity index (χ0) is 13.3. The van der Waals surface area contributed by atoms with Crippen LogP contribution >= 0.6 is 0 Å². The van der Waals surface area contributed by atoms with Crippen LogP contribution in [0, 0.1) is 0 Å². The monoisotopic (exact) mass is 252 g/mol. The van der Waals surface area contributed by atoms with Crippen molar-refractivity contribution >= 4 is 11.0 Å². The van der Waals surface area contributed by atoms with Crippen LogP contribution in [0.4, 0.5) is 0 Å². The van der Waals surface area contributed by atoms with E-state index in [0.717, 1.165) is 5.39 Å². The molecule has 2 N–H and O–H groups in total. The molecule has 1 aromatic heterocycles. The Morgan fingerprint density at radius 1 is 1.17 bits per heavy atom. The van der Waals surface area contributed by atoms with Crippen molar-refractivity contribution < 1.29 is 24.1 Å². The molecule has 98 valence electrons. The van der Waals surface area contributed by atoms with Crippen LogP contribution in [0.5, 0.6) is 11.5 Å². The quantitative estimate of drug-likeness (QED) is 0.865. The van der Waals surface area contributed by atoms with Gasteiger partial charge in [0, 0.05) is 11.5 Å². The lowest BCUT2D eigenvalue weighted by molar-refractivity contribution is -0.0184. The van der Waals surface area contributed by atoms with E-state index >= 15 is 0 Å². The maximum absolute atomic E-state index is 9.94. The first kappa shape index (κ1) is 12.7. The van der Waals surface area contributed by atoms with Gasteiger partial charge in [0.2, 0.25) is 0 Å². The van der Waals surface area contributed by atoms with Gasteiger partial charge in [-0.3, -0.25) is 0 Å². The Balaban J connectivity index is 2.58. The molecule has 5 heteroatoms. The summed E-state index contributed by atoms with van der Waals surface area (Å²) in [6.45, 7) is 1.07. The molecule has 2 aromatic rings. The summed E-state index contributed by atoms with van der Waals surface area (Å²) in [4.78, 5) is 0. The molecule has 18 heavy (non-hydrogen) atoms. The normalized spacial score (nSPS) is 14.5. The first-order valence-electron chi connectivity index (χ1n) is 5.51. The predicted molar refractivity (Wildman–Crippen MR) is 66.0 cm³/mol. The van der Waals surface area contributed by atoms with Crippen LogP contribution in [0.15, 0.2) is 22.6 Å². The summed E-state index contributed by atoms with van der Waals surface area (Å²) in [6.07, 6.45) is 0. The number of aliphatic hydroxyl groups is 2. The van der Waals surface area contributed by atoms with Crippen molar-refractivity contribution in [3.63, 3.8) is 0 Å².